The summed E-state index contributed by atoms with van der Waals surface area (Å²) in [5.41, 5.74) is 5.95. The third-order valence-corrected chi connectivity index (χ3v) is 10.0. The smallest absolute Gasteiger partial charge is 0.00746 e. The Bertz CT molecular complexity index is 408. The molecular weight excluding hydrogens is 482 g/mol. The van der Waals surface area contributed by atoms with Gasteiger partial charge in [0.1, 0.15) is 0 Å². The minimum atomic E-state index is 0.894. The molecule has 1 saturated carbocycles. The van der Waals surface area contributed by atoms with E-state index >= 15 is 0 Å². The molecule has 0 unspecified atom stereocenters. The van der Waals surface area contributed by atoms with Crippen LogP contribution in [0.5, 0.6) is 0 Å². The Labute approximate surface area is 255 Å². The van der Waals surface area contributed by atoms with Crippen molar-refractivity contribution in [3.05, 3.63) is 0 Å². The Balaban J connectivity index is 2.12. The Morgan fingerprint density at radius 2 is 0.400 bits per heavy atom. The number of rotatable bonds is 2. The summed E-state index contributed by atoms with van der Waals surface area (Å²) < 4.78 is 0. The highest BCUT2D eigenvalue weighted by molar-refractivity contribution is 4.62. The Morgan fingerprint density at radius 3 is 0.550 bits per heavy atom. The summed E-state index contributed by atoms with van der Waals surface area (Å²) in [6.07, 6.45) is 54.6. The zero-order chi connectivity index (χ0) is 28.4. The zero-order valence-corrected chi connectivity index (χ0v) is 28.0. The van der Waals surface area contributed by atoms with Gasteiger partial charge in [0.05, 0.1) is 0 Å². The lowest BCUT2D eigenvalue weighted by atomic mass is 9.91. The van der Waals surface area contributed by atoms with Crippen molar-refractivity contribution in [1.29, 1.82) is 0 Å². The largest absolute Gasteiger partial charge is 0.330 e. The highest BCUT2D eigenvalue weighted by Crippen LogP contribution is 2.22. The predicted octanol–water partition coefficient (Wildman–Crippen LogP) is 14.0. The van der Waals surface area contributed by atoms with Crippen molar-refractivity contribution < 1.29 is 0 Å². The van der Waals surface area contributed by atoms with Gasteiger partial charge in [0.2, 0.25) is 0 Å². The van der Waals surface area contributed by atoms with Crippen LogP contribution in [0.3, 0.4) is 0 Å². The second-order valence-corrected chi connectivity index (χ2v) is 14.0. The van der Waals surface area contributed by atoms with Gasteiger partial charge in [0.15, 0.2) is 0 Å². The van der Waals surface area contributed by atoms with Crippen LogP contribution in [0.25, 0.3) is 0 Å². The lowest BCUT2D eigenvalue weighted by Crippen LogP contribution is -2.09. The van der Waals surface area contributed by atoms with E-state index in [4.69, 9.17) is 5.73 Å². The standard InChI is InChI=1S/C39H79N/c40-38-37-39-35-33-31-29-27-25-23-21-19-17-15-13-11-9-7-5-3-1-2-4-6-8-10-12-14-16-18-20-22-24-26-28-30-32-34-36-39/h39H,1-38,40H2. The van der Waals surface area contributed by atoms with E-state index in [2.05, 4.69) is 0 Å². The van der Waals surface area contributed by atoms with Crippen molar-refractivity contribution >= 4 is 0 Å². The molecule has 0 atom stereocenters. The summed E-state index contributed by atoms with van der Waals surface area (Å²) in [4.78, 5) is 0. The topological polar surface area (TPSA) is 26.0 Å². The maximum Gasteiger partial charge on any atom is -0.00746 e. The monoisotopic (exact) mass is 562 g/mol. The first-order chi connectivity index (χ1) is 19.9. The van der Waals surface area contributed by atoms with Crippen LogP contribution in [0.2, 0.25) is 0 Å². The molecule has 1 aliphatic rings. The molecule has 240 valence electrons. The Kier molecular flexibility index (Phi) is 31.8. The molecule has 40 heavy (non-hydrogen) atoms. The summed E-state index contributed by atoms with van der Waals surface area (Å²) in [6.45, 7) is 0.894. The van der Waals surface area contributed by atoms with Gasteiger partial charge in [-0.25, -0.2) is 0 Å². The van der Waals surface area contributed by atoms with Crippen LogP contribution >= 0.6 is 0 Å². The minimum absolute atomic E-state index is 0.894. The summed E-state index contributed by atoms with van der Waals surface area (Å²) in [6, 6.07) is 0. The summed E-state index contributed by atoms with van der Waals surface area (Å²) in [7, 11) is 0. The minimum Gasteiger partial charge on any atom is -0.330 e. The molecule has 0 bridgehead atoms. The number of nitrogens with two attached hydrogens (primary N) is 1. The van der Waals surface area contributed by atoms with Gasteiger partial charge in [-0.3, -0.25) is 0 Å². The van der Waals surface area contributed by atoms with Crippen LogP contribution < -0.4 is 5.73 Å². The molecule has 0 aromatic rings. The molecule has 0 radical (unpaired) electrons. The first kappa shape index (κ1) is 38.0. The second-order valence-electron chi connectivity index (χ2n) is 14.0. The van der Waals surface area contributed by atoms with E-state index in [1.807, 2.05) is 0 Å². The van der Waals surface area contributed by atoms with E-state index in [0.717, 1.165) is 12.5 Å². The molecule has 0 aromatic carbocycles. The van der Waals surface area contributed by atoms with Crippen LogP contribution in [-0.2, 0) is 0 Å². The first-order valence-corrected chi connectivity index (χ1v) is 19.6. The maximum absolute atomic E-state index is 5.95. The van der Waals surface area contributed by atoms with Crippen molar-refractivity contribution in [2.45, 2.75) is 238 Å². The van der Waals surface area contributed by atoms with Gasteiger partial charge in [-0.15, -0.1) is 0 Å². The molecule has 2 N–H and O–H groups in total. The predicted molar refractivity (Wildman–Crippen MR) is 183 cm³/mol. The van der Waals surface area contributed by atoms with Gasteiger partial charge in [-0.05, 0) is 18.9 Å². The highest BCUT2D eigenvalue weighted by Gasteiger charge is 2.07. The van der Waals surface area contributed by atoms with Crippen LogP contribution in [0.1, 0.15) is 238 Å². The average molecular weight is 562 g/mol. The fraction of sp³-hybridized carbons (Fsp3) is 1.00. The SMILES string of the molecule is NCCC1CCCCCCCCCCCCCCCCCCCCCCCCCCCCCCCCCCCC1. The number of hydrogen-bond donors (Lipinski definition) is 1. The summed E-state index contributed by atoms with van der Waals surface area (Å²) in [5.74, 6) is 0.909. The maximum atomic E-state index is 5.95. The van der Waals surface area contributed by atoms with Gasteiger partial charge in [-0.2, -0.15) is 0 Å². The van der Waals surface area contributed by atoms with Gasteiger partial charge >= 0.3 is 0 Å². The van der Waals surface area contributed by atoms with E-state index in [-0.39, 0.29) is 0 Å². The van der Waals surface area contributed by atoms with E-state index in [0.29, 0.717) is 0 Å². The molecule has 0 saturated heterocycles. The second kappa shape index (κ2) is 33.5. The molecule has 1 rings (SSSR count). The van der Waals surface area contributed by atoms with Crippen molar-refractivity contribution in [3.8, 4) is 0 Å². The van der Waals surface area contributed by atoms with E-state index in [9.17, 15) is 0 Å². The third-order valence-electron chi connectivity index (χ3n) is 10.0. The van der Waals surface area contributed by atoms with Crippen molar-refractivity contribution in [2.24, 2.45) is 11.7 Å². The van der Waals surface area contributed by atoms with Crippen molar-refractivity contribution in [2.75, 3.05) is 6.54 Å². The zero-order valence-electron chi connectivity index (χ0n) is 28.0. The van der Waals surface area contributed by atoms with Crippen molar-refractivity contribution in [3.63, 3.8) is 0 Å². The molecule has 0 amide bonds. The summed E-state index contributed by atoms with van der Waals surface area (Å²) in [5, 5.41) is 0. The van der Waals surface area contributed by atoms with Crippen LogP contribution in [0.4, 0.5) is 0 Å². The quantitative estimate of drug-likeness (QED) is 0.356. The van der Waals surface area contributed by atoms with Gasteiger partial charge in [0, 0.05) is 0 Å². The Morgan fingerprint density at radius 1 is 0.250 bits per heavy atom. The van der Waals surface area contributed by atoms with Gasteiger partial charge < -0.3 is 5.73 Å². The Hall–Kier alpha value is -0.0400. The van der Waals surface area contributed by atoms with Crippen LogP contribution in [0.15, 0.2) is 0 Å². The normalized spacial score (nSPS) is 23.6. The molecule has 0 aromatic heterocycles. The molecule has 1 aliphatic carbocycles. The van der Waals surface area contributed by atoms with Crippen LogP contribution in [-0.4, -0.2) is 6.54 Å². The lowest BCUT2D eigenvalue weighted by Gasteiger charge is -2.16. The molecule has 0 spiro atoms. The first-order valence-electron chi connectivity index (χ1n) is 19.6. The third kappa shape index (κ3) is 29.5. The van der Waals surface area contributed by atoms with E-state index in [1.54, 1.807) is 0 Å². The molecule has 1 heteroatoms. The summed E-state index contributed by atoms with van der Waals surface area (Å²) >= 11 is 0. The van der Waals surface area contributed by atoms with Crippen molar-refractivity contribution in [1.82, 2.24) is 0 Å². The van der Waals surface area contributed by atoms with Gasteiger partial charge in [-0.1, -0.05) is 231 Å². The number of hydrogen-bond acceptors (Lipinski definition) is 1. The molecular formula is C39H79N. The lowest BCUT2D eigenvalue weighted by molar-refractivity contribution is 0.384. The fourth-order valence-electron chi connectivity index (χ4n) is 7.19. The van der Waals surface area contributed by atoms with Crippen LogP contribution in [0, 0.1) is 5.92 Å². The van der Waals surface area contributed by atoms with E-state index < -0.39 is 0 Å². The molecule has 1 nitrogen and oxygen atoms in total. The molecule has 1 fully saturated rings. The molecule has 0 heterocycles. The fourth-order valence-corrected chi connectivity index (χ4v) is 7.19. The van der Waals surface area contributed by atoms with Gasteiger partial charge in [0.25, 0.3) is 0 Å². The highest BCUT2D eigenvalue weighted by atomic mass is 14.5. The average Bonchev–Trinajstić information content (AvgIpc) is 2.96. The van der Waals surface area contributed by atoms with E-state index in [1.165, 1.54) is 238 Å². The molecule has 0 aliphatic heterocycles.